The number of nitrogens with zero attached hydrogens (tertiary/aromatic N) is 1. The van der Waals surface area contributed by atoms with E-state index in [2.05, 4.69) is 64.4 Å². The van der Waals surface area contributed by atoms with Crippen LogP contribution in [-0.2, 0) is 9.53 Å². The first kappa shape index (κ1) is 23.0. The van der Waals surface area contributed by atoms with Gasteiger partial charge in [0.2, 0.25) is 5.67 Å². The van der Waals surface area contributed by atoms with Crippen LogP contribution in [0.1, 0.15) is 44.8 Å². The average Bonchev–Trinajstić information content (AvgIpc) is 3.05. The van der Waals surface area contributed by atoms with E-state index in [9.17, 15) is 9.18 Å². The van der Waals surface area contributed by atoms with Gasteiger partial charge in [0.05, 0.1) is 17.7 Å². The van der Waals surface area contributed by atoms with E-state index in [-0.39, 0.29) is 0 Å². The van der Waals surface area contributed by atoms with Crippen LogP contribution in [0.5, 0.6) is 0 Å². The highest BCUT2D eigenvalue weighted by atomic mass is 32.1. The number of rotatable bonds is 4. The molecule has 0 spiro atoms. The minimum atomic E-state index is -1.85. The molecular weight excluding hydrogens is 365 g/mol. The number of hydrogen-bond donors (Lipinski definition) is 2. The first-order chi connectivity index (χ1) is 12.7. The lowest BCUT2D eigenvalue weighted by Gasteiger charge is -2.18. The number of esters is 1. The molecule has 3 N–H and O–H groups in total. The Morgan fingerprint density at radius 1 is 1.52 bits per heavy atom. The Balaban J connectivity index is 0.000000387. The maximum atomic E-state index is 12.3. The number of halogens is 1. The van der Waals surface area contributed by atoms with Gasteiger partial charge in [-0.25, -0.2) is 14.2 Å². The maximum absolute atomic E-state index is 12.3. The number of methoxy groups -OCH3 is 1. The summed E-state index contributed by atoms with van der Waals surface area (Å²) < 4.78 is 16.4. The molecule has 0 saturated heterocycles. The van der Waals surface area contributed by atoms with Crippen LogP contribution in [-0.4, -0.2) is 35.9 Å². The van der Waals surface area contributed by atoms with Crippen LogP contribution in [0, 0.1) is 18.8 Å². The van der Waals surface area contributed by atoms with E-state index < -0.39 is 11.6 Å². The summed E-state index contributed by atoms with van der Waals surface area (Å²) in [7, 11) is 1.16. The Bertz CT molecular complexity index is 738. The molecule has 1 aliphatic heterocycles. The van der Waals surface area contributed by atoms with Crippen molar-refractivity contribution < 1.29 is 19.2 Å². The average molecular weight is 395 g/mol. The molecule has 1 aromatic heterocycles. The summed E-state index contributed by atoms with van der Waals surface area (Å²) in [5.41, 5.74) is 0.0406. The lowest BCUT2D eigenvalue weighted by Crippen LogP contribution is -2.89. The first-order valence-electron chi connectivity index (χ1n) is 8.86. The summed E-state index contributed by atoms with van der Waals surface area (Å²) in [6, 6.07) is 0.532. The fourth-order valence-electron chi connectivity index (χ4n) is 1.97. The van der Waals surface area contributed by atoms with Crippen molar-refractivity contribution in [2.24, 2.45) is 0 Å². The standard InChI is InChI=1S/C15H19N3S.C5H9FO2/c1-4-11(2)17-15-8-6-13(9-16-15)5-7-14-10-19-12(3)18-14;1-5(2,6)4(7)8-3/h6,8-11,15-17H,4H2,1-3H3;1-3H3/p+1. The van der Waals surface area contributed by atoms with Crippen molar-refractivity contribution in [1.82, 2.24) is 10.3 Å². The molecule has 7 heteroatoms. The zero-order valence-corrected chi connectivity index (χ0v) is 17.6. The van der Waals surface area contributed by atoms with Gasteiger partial charge >= 0.3 is 5.97 Å². The number of aryl methyl sites for hydroxylation is 1. The lowest BCUT2D eigenvalue weighted by molar-refractivity contribution is -0.623. The molecule has 5 nitrogen and oxygen atoms in total. The Morgan fingerprint density at radius 3 is 2.63 bits per heavy atom. The third kappa shape index (κ3) is 8.96. The van der Waals surface area contributed by atoms with E-state index in [0.717, 1.165) is 43.7 Å². The van der Waals surface area contributed by atoms with Crippen LogP contribution < -0.4 is 10.6 Å². The monoisotopic (exact) mass is 394 g/mol. The van der Waals surface area contributed by atoms with E-state index in [1.54, 1.807) is 11.3 Å². The summed E-state index contributed by atoms with van der Waals surface area (Å²) in [4.78, 5) is 14.6. The van der Waals surface area contributed by atoms with Gasteiger partial charge in [0.1, 0.15) is 11.9 Å². The predicted octanol–water partition coefficient (Wildman–Crippen LogP) is 2.44. The van der Waals surface area contributed by atoms with Gasteiger partial charge in [-0.2, -0.15) is 0 Å². The quantitative estimate of drug-likeness (QED) is 0.608. The number of nitrogens with two attached hydrogens (primary N) is 1. The molecule has 148 valence electrons. The van der Waals surface area contributed by atoms with Crippen molar-refractivity contribution in [3.05, 3.63) is 40.0 Å². The molecule has 2 atom stereocenters. The summed E-state index contributed by atoms with van der Waals surface area (Å²) in [5, 5.41) is 8.73. The molecule has 1 aromatic rings. The van der Waals surface area contributed by atoms with Gasteiger partial charge in [0, 0.05) is 11.4 Å². The summed E-state index contributed by atoms with van der Waals surface area (Å²) in [6.07, 6.45) is 7.76. The highest BCUT2D eigenvalue weighted by Gasteiger charge is 2.26. The molecule has 1 aliphatic rings. The number of allylic oxidation sites excluding steroid dienone is 2. The number of ether oxygens (including phenoxy) is 1. The minimum absolute atomic E-state index is 0.321. The second-order valence-electron chi connectivity index (χ2n) is 6.64. The Kier molecular flexibility index (Phi) is 9.36. The third-order valence-corrected chi connectivity index (χ3v) is 4.45. The van der Waals surface area contributed by atoms with Gasteiger partial charge in [0.25, 0.3) is 0 Å². The summed E-state index contributed by atoms with van der Waals surface area (Å²) in [5.74, 6) is 5.40. The first-order valence-corrected chi connectivity index (χ1v) is 9.74. The number of carbonyl (C=O) groups is 1. The molecule has 0 amide bonds. The van der Waals surface area contributed by atoms with Crippen molar-refractivity contribution in [3.8, 4) is 11.8 Å². The molecule has 2 unspecified atom stereocenters. The van der Waals surface area contributed by atoms with Crippen LogP contribution in [0.2, 0.25) is 0 Å². The van der Waals surface area contributed by atoms with Crippen molar-refractivity contribution in [1.29, 1.82) is 0 Å². The normalized spacial score (nSPS) is 17.0. The van der Waals surface area contributed by atoms with Crippen molar-refractivity contribution in [3.63, 3.8) is 0 Å². The summed E-state index contributed by atoms with van der Waals surface area (Å²) in [6.45, 7) is 8.68. The number of hydrogen-bond acceptors (Lipinski definition) is 5. The fourth-order valence-corrected chi connectivity index (χ4v) is 2.52. The van der Waals surface area contributed by atoms with Gasteiger partial charge in [-0.1, -0.05) is 12.8 Å². The Labute approximate surface area is 165 Å². The number of carbonyl (C=O) groups excluding carboxylic acids is 1. The number of quaternary nitrogens is 1. The summed E-state index contributed by atoms with van der Waals surface area (Å²) >= 11 is 1.63. The third-order valence-electron chi connectivity index (χ3n) is 3.68. The molecule has 0 radical (unpaired) electrons. The molecule has 27 heavy (non-hydrogen) atoms. The number of alkyl halides is 1. The molecule has 0 aliphatic carbocycles. The van der Waals surface area contributed by atoms with E-state index in [1.165, 1.54) is 0 Å². The highest BCUT2D eigenvalue weighted by molar-refractivity contribution is 7.09. The molecule has 2 rings (SSSR count). The van der Waals surface area contributed by atoms with E-state index in [1.807, 2.05) is 12.3 Å². The fraction of sp³-hybridized carbons (Fsp3) is 0.500. The Hall–Kier alpha value is -2.01. The zero-order chi connectivity index (χ0) is 20.4. The molecule has 2 heterocycles. The Morgan fingerprint density at radius 2 is 2.22 bits per heavy atom. The highest BCUT2D eigenvalue weighted by Crippen LogP contribution is 2.09. The zero-order valence-electron chi connectivity index (χ0n) is 16.8. The van der Waals surface area contributed by atoms with Gasteiger partial charge in [-0.15, -0.1) is 11.3 Å². The topological polar surface area (TPSA) is 67.8 Å². The largest absolute Gasteiger partial charge is 0.467 e. The number of thiazole rings is 1. The van der Waals surface area contributed by atoms with Gasteiger partial charge < -0.3 is 10.1 Å². The lowest BCUT2D eigenvalue weighted by atomic mass is 10.2. The maximum Gasteiger partial charge on any atom is 0.343 e. The minimum Gasteiger partial charge on any atom is -0.467 e. The van der Waals surface area contributed by atoms with Gasteiger partial charge in [-0.05, 0) is 52.2 Å². The van der Waals surface area contributed by atoms with E-state index in [4.69, 9.17) is 0 Å². The van der Waals surface area contributed by atoms with E-state index in [0.29, 0.717) is 12.2 Å². The molecule has 0 aromatic carbocycles. The van der Waals surface area contributed by atoms with E-state index >= 15 is 0 Å². The van der Waals surface area contributed by atoms with Crippen LogP contribution in [0.4, 0.5) is 4.39 Å². The second kappa shape index (κ2) is 11.0. The molecule has 0 saturated carbocycles. The second-order valence-corrected chi connectivity index (χ2v) is 7.70. The molecule has 0 bridgehead atoms. The van der Waals surface area contributed by atoms with Crippen LogP contribution >= 0.6 is 11.3 Å². The van der Waals surface area contributed by atoms with Gasteiger partial charge in [0.15, 0.2) is 6.17 Å². The molecular formula is C20H29FN3O2S+. The number of aromatic nitrogens is 1. The smallest absolute Gasteiger partial charge is 0.343 e. The predicted molar refractivity (Wildman–Crippen MR) is 107 cm³/mol. The SMILES string of the molecule is CCC(C)NC1C=CC(C#Cc2csc(C)n2)=C[NH2+]1.COC(=O)C(C)(C)F. The molecule has 0 fully saturated rings. The van der Waals surface area contributed by atoms with Crippen molar-refractivity contribution in [2.45, 2.75) is 58.9 Å². The van der Waals surface area contributed by atoms with Crippen LogP contribution in [0.15, 0.2) is 29.3 Å². The van der Waals surface area contributed by atoms with Crippen molar-refractivity contribution in [2.75, 3.05) is 7.11 Å². The van der Waals surface area contributed by atoms with Crippen LogP contribution in [0.25, 0.3) is 0 Å². The van der Waals surface area contributed by atoms with Gasteiger partial charge in [-0.3, -0.25) is 5.32 Å². The van der Waals surface area contributed by atoms with Crippen molar-refractivity contribution >= 4 is 17.3 Å². The van der Waals surface area contributed by atoms with Crippen LogP contribution in [0.3, 0.4) is 0 Å². The number of nitrogens with one attached hydrogen (secondary N) is 1.